The predicted octanol–water partition coefficient (Wildman–Crippen LogP) is 3.09. The van der Waals surface area contributed by atoms with E-state index in [2.05, 4.69) is 36.6 Å². The van der Waals surface area contributed by atoms with Crippen molar-refractivity contribution in [3.05, 3.63) is 60.9 Å². The number of benzene rings is 2. The topological polar surface area (TPSA) is 104 Å². The highest BCUT2D eigenvalue weighted by Crippen LogP contribution is 2.33. The van der Waals surface area contributed by atoms with E-state index in [1.165, 1.54) is 11.0 Å². The molecule has 0 aliphatic heterocycles. The Morgan fingerprint density at radius 3 is 2.93 bits per heavy atom. The summed E-state index contributed by atoms with van der Waals surface area (Å²) in [7, 11) is 1.72. The summed E-state index contributed by atoms with van der Waals surface area (Å²) >= 11 is 0. The molecular weight excluding hydrogens is 342 g/mol. The molecular formula is C19H15N7O. The van der Waals surface area contributed by atoms with E-state index in [0.717, 1.165) is 32.9 Å². The van der Waals surface area contributed by atoms with Gasteiger partial charge in [-0.3, -0.25) is 14.6 Å². The summed E-state index contributed by atoms with van der Waals surface area (Å²) in [4.78, 5) is 19.8. The number of nitrogens with one attached hydrogen (secondary N) is 3. The number of hydrogen-bond donors (Lipinski definition) is 3. The fourth-order valence-corrected chi connectivity index (χ4v) is 3.27. The van der Waals surface area contributed by atoms with E-state index in [9.17, 15) is 4.79 Å². The van der Waals surface area contributed by atoms with Crippen LogP contribution in [0.5, 0.6) is 0 Å². The maximum Gasteiger partial charge on any atom is 0.295 e. The molecule has 27 heavy (non-hydrogen) atoms. The molecule has 5 aromatic rings. The van der Waals surface area contributed by atoms with E-state index in [1.807, 2.05) is 36.5 Å². The summed E-state index contributed by atoms with van der Waals surface area (Å²) in [5.41, 5.74) is 4.59. The molecule has 0 atom stereocenters. The van der Waals surface area contributed by atoms with Crippen LogP contribution >= 0.6 is 0 Å². The van der Waals surface area contributed by atoms with Gasteiger partial charge >= 0.3 is 0 Å². The van der Waals surface area contributed by atoms with Crippen molar-refractivity contribution in [2.24, 2.45) is 7.05 Å². The lowest BCUT2D eigenvalue weighted by Gasteiger charge is -2.09. The van der Waals surface area contributed by atoms with Crippen LogP contribution in [0.15, 0.2) is 55.1 Å². The van der Waals surface area contributed by atoms with E-state index >= 15 is 0 Å². The molecule has 3 N–H and O–H groups in total. The molecule has 8 nitrogen and oxygen atoms in total. The van der Waals surface area contributed by atoms with Crippen molar-refractivity contribution in [2.75, 3.05) is 5.32 Å². The van der Waals surface area contributed by atoms with Gasteiger partial charge in [-0.05, 0) is 35.4 Å². The highest BCUT2D eigenvalue weighted by molar-refractivity contribution is 6.09. The largest absolute Gasteiger partial charge is 0.361 e. The zero-order valence-corrected chi connectivity index (χ0v) is 14.4. The quantitative estimate of drug-likeness (QED) is 0.461. The Morgan fingerprint density at radius 1 is 1.15 bits per heavy atom. The molecule has 5 rings (SSSR count). The number of amides is 1. The van der Waals surface area contributed by atoms with E-state index in [4.69, 9.17) is 0 Å². The Kier molecular flexibility index (Phi) is 3.29. The number of nitrogens with zero attached hydrogens (tertiary/aromatic N) is 4. The molecule has 0 saturated carbocycles. The molecule has 0 fully saturated rings. The Labute approximate surface area is 153 Å². The third-order valence-corrected chi connectivity index (χ3v) is 4.52. The molecule has 0 saturated heterocycles. The van der Waals surface area contributed by atoms with Crippen molar-refractivity contribution in [1.29, 1.82) is 0 Å². The Morgan fingerprint density at radius 2 is 2.07 bits per heavy atom. The lowest BCUT2D eigenvalue weighted by atomic mass is 9.99. The first-order valence-electron chi connectivity index (χ1n) is 8.39. The fourth-order valence-electron chi connectivity index (χ4n) is 3.27. The average Bonchev–Trinajstić information content (AvgIpc) is 3.41. The standard InChI is InChI=1S/C19H15N7O/c1-26-10-21-18(25-26)19(27)23-16-7-11(8-17-14(16)9-22-24-17)12-3-2-4-15-13(12)5-6-20-15/h2-10,20H,1H3,(H,22,24)(H,23,27). The minimum Gasteiger partial charge on any atom is -0.361 e. The molecule has 1 amide bonds. The third kappa shape index (κ3) is 2.54. The third-order valence-electron chi connectivity index (χ3n) is 4.52. The maximum atomic E-state index is 12.5. The second kappa shape index (κ2) is 5.80. The summed E-state index contributed by atoms with van der Waals surface area (Å²) in [5.74, 6) is -0.248. The van der Waals surface area contributed by atoms with Crippen LogP contribution < -0.4 is 5.32 Å². The van der Waals surface area contributed by atoms with Crippen molar-refractivity contribution in [1.82, 2.24) is 29.9 Å². The monoisotopic (exact) mass is 357 g/mol. The minimum absolute atomic E-state index is 0.118. The summed E-state index contributed by atoms with van der Waals surface area (Å²) in [6.45, 7) is 0. The van der Waals surface area contributed by atoms with Crippen LogP contribution in [0.2, 0.25) is 0 Å². The lowest BCUT2D eigenvalue weighted by Crippen LogP contribution is -2.14. The SMILES string of the molecule is Cn1cnc(C(=O)Nc2cc(-c3cccc4[nH]ccc34)cc3[nH]ncc23)n1. The number of rotatable bonds is 3. The zero-order valence-electron chi connectivity index (χ0n) is 14.4. The van der Waals surface area contributed by atoms with Crippen LogP contribution in [-0.2, 0) is 7.05 Å². The van der Waals surface area contributed by atoms with Gasteiger partial charge in [0.1, 0.15) is 6.33 Å². The van der Waals surface area contributed by atoms with E-state index in [0.29, 0.717) is 5.69 Å². The van der Waals surface area contributed by atoms with Gasteiger partial charge in [-0.2, -0.15) is 5.10 Å². The molecule has 0 spiro atoms. The van der Waals surface area contributed by atoms with Crippen LogP contribution in [0.4, 0.5) is 5.69 Å². The Balaban J connectivity index is 1.63. The van der Waals surface area contributed by atoms with E-state index < -0.39 is 0 Å². The first kappa shape index (κ1) is 15.3. The second-order valence-corrected chi connectivity index (χ2v) is 6.30. The van der Waals surface area contributed by atoms with Gasteiger partial charge in [-0.1, -0.05) is 12.1 Å². The number of aryl methyl sites for hydroxylation is 1. The number of hydrogen-bond acceptors (Lipinski definition) is 4. The second-order valence-electron chi connectivity index (χ2n) is 6.30. The Bertz CT molecular complexity index is 1290. The van der Waals surface area contributed by atoms with E-state index in [-0.39, 0.29) is 11.7 Å². The van der Waals surface area contributed by atoms with Gasteiger partial charge in [0.05, 0.1) is 17.4 Å². The molecule has 132 valence electrons. The first-order chi connectivity index (χ1) is 13.2. The molecule has 0 aliphatic rings. The van der Waals surface area contributed by atoms with Crippen molar-refractivity contribution in [2.45, 2.75) is 0 Å². The van der Waals surface area contributed by atoms with Crippen molar-refractivity contribution in [3.8, 4) is 11.1 Å². The number of anilines is 1. The zero-order chi connectivity index (χ0) is 18.4. The lowest BCUT2D eigenvalue weighted by molar-refractivity contribution is 0.101. The summed E-state index contributed by atoms with van der Waals surface area (Å²) < 4.78 is 1.49. The van der Waals surface area contributed by atoms with Crippen LogP contribution in [0.3, 0.4) is 0 Å². The first-order valence-corrected chi connectivity index (χ1v) is 8.39. The highest BCUT2D eigenvalue weighted by atomic mass is 16.2. The van der Waals surface area contributed by atoms with Crippen LogP contribution in [0.1, 0.15) is 10.6 Å². The normalized spacial score (nSPS) is 11.3. The van der Waals surface area contributed by atoms with Gasteiger partial charge in [-0.25, -0.2) is 4.98 Å². The van der Waals surface area contributed by atoms with Crippen molar-refractivity contribution in [3.63, 3.8) is 0 Å². The van der Waals surface area contributed by atoms with Crippen molar-refractivity contribution >= 4 is 33.4 Å². The molecule has 0 unspecified atom stereocenters. The summed E-state index contributed by atoms with van der Waals surface area (Å²) in [6, 6.07) is 12.1. The molecule has 0 radical (unpaired) electrons. The highest BCUT2D eigenvalue weighted by Gasteiger charge is 2.15. The predicted molar refractivity (Wildman–Crippen MR) is 102 cm³/mol. The average molecular weight is 357 g/mol. The number of carbonyl (C=O) groups is 1. The smallest absolute Gasteiger partial charge is 0.295 e. The summed E-state index contributed by atoms with van der Waals surface area (Å²) in [6.07, 6.45) is 5.10. The maximum absolute atomic E-state index is 12.5. The van der Waals surface area contributed by atoms with Gasteiger partial charge in [0.25, 0.3) is 5.91 Å². The van der Waals surface area contributed by atoms with Crippen LogP contribution in [0.25, 0.3) is 32.9 Å². The fraction of sp³-hybridized carbons (Fsp3) is 0.0526. The van der Waals surface area contributed by atoms with Gasteiger partial charge in [0, 0.05) is 29.5 Å². The molecule has 8 heteroatoms. The van der Waals surface area contributed by atoms with Gasteiger partial charge < -0.3 is 10.3 Å². The number of fused-ring (bicyclic) bond motifs is 2. The number of carbonyl (C=O) groups excluding carboxylic acids is 1. The van der Waals surface area contributed by atoms with Crippen molar-refractivity contribution < 1.29 is 4.79 Å². The summed E-state index contributed by atoms with van der Waals surface area (Å²) in [5, 5.41) is 16.0. The molecule has 0 bridgehead atoms. The molecule has 3 aromatic heterocycles. The molecule has 0 aliphatic carbocycles. The minimum atomic E-state index is -0.366. The number of aromatic nitrogens is 6. The molecule has 3 heterocycles. The number of H-pyrrole nitrogens is 2. The van der Waals surface area contributed by atoms with Crippen LogP contribution in [0, 0.1) is 0 Å². The van der Waals surface area contributed by atoms with Gasteiger partial charge in [-0.15, -0.1) is 5.10 Å². The molecule has 2 aromatic carbocycles. The van der Waals surface area contributed by atoms with Crippen LogP contribution in [-0.4, -0.2) is 35.9 Å². The van der Waals surface area contributed by atoms with Gasteiger partial charge in [0.2, 0.25) is 5.82 Å². The van der Waals surface area contributed by atoms with Gasteiger partial charge in [0.15, 0.2) is 0 Å². The van der Waals surface area contributed by atoms with E-state index in [1.54, 1.807) is 13.2 Å². The Hall–Kier alpha value is -3.94. The number of aromatic amines is 2.